The first-order valence-electron chi connectivity index (χ1n) is 2.52. The van der Waals surface area contributed by atoms with Crippen molar-refractivity contribution < 1.29 is 5.11 Å². The van der Waals surface area contributed by atoms with Gasteiger partial charge in [0.2, 0.25) is 0 Å². The van der Waals surface area contributed by atoms with Gasteiger partial charge in [0.25, 0.3) is 0 Å². The Labute approximate surface area is 68.6 Å². The second kappa shape index (κ2) is 15.6. The molecule has 0 bridgehead atoms. The Morgan fingerprint density at radius 2 is 1.75 bits per heavy atom. The average Bonchev–Trinajstić information content (AvgIpc) is 1.61. The topological polar surface area (TPSA) is 20.2 Å². The molecule has 0 aliphatic heterocycles. The normalized spacial score (nSPS) is 6.75. The molecule has 0 aromatic rings. The van der Waals surface area contributed by atoms with E-state index in [9.17, 15) is 0 Å². The number of aliphatic hydroxyl groups is 1. The van der Waals surface area contributed by atoms with E-state index in [0.717, 1.165) is 12.8 Å². The third kappa shape index (κ3) is 15.9. The second-order valence-corrected chi connectivity index (χ2v) is 1.43. The Bertz CT molecular complexity index is 20.5. The van der Waals surface area contributed by atoms with E-state index in [2.05, 4.69) is 6.92 Å². The molecular formula is C6H15MgO+. The smallest absolute Gasteiger partial charge is 0.396 e. The van der Waals surface area contributed by atoms with Gasteiger partial charge in [-0.15, -0.1) is 0 Å². The van der Waals surface area contributed by atoms with Gasteiger partial charge in [-0.05, 0) is 6.42 Å². The molecule has 1 nitrogen and oxygen atoms in total. The van der Waals surface area contributed by atoms with Gasteiger partial charge in [-0.25, -0.2) is 0 Å². The molecule has 0 radical (unpaired) electrons. The molecule has 2 heteroatoms. The summed E-state index contributed by atoms with van der Waals surface area (Å²) in [7, 11) is 0. The van der Waals surface area contributed by atoms with Crippen molar-refractivity contribution in [2.45, 2.75) is 26.2 Å². The number of hydrogen-bond donors (Lipinski definition) is 1. The van der Waals surface area contributed by atoms with Crippen LogP contribution in [0.3, 0.4) is 0 Å². The van der Waals surface area contributed by atoms with Gasteiger partial charge in [0, 0.05) is 6.61 Å². The van der Waals surface area contributed by atoms with Crippen LogP contribution in [0.15, 0.2) is 0 Å². The van der Waals surface area contributed by atoms with E-state index in [1.807, 2.05) is 0 Å². The SMILES string of the molecule is CCCCCO.[CH3-].[Mg+2]. The third-order valence-electron chi connectivity index (χ3n) is 0.762. The standard InChI is InChI=1S/C5H12O.CH3.Mg/c1-2-3-4-5-6;;/h6H,2-5H2,1H3;1H3;/q;-1;+2. The van der Waals surface area contributed by atoms with Gasteiger partial charge in [-0.1, -0.05) is 19.8 Å². The van der Waals surface area contributed by atoms with Gasteiger partial charge in [0.05, 0.1) is 0 Å². The summed E-state index contributed by atoms with van der Waals surface area (Å²) in [6.07, 6.45) is 3.33. The third-order valence-corrected chi connectivity index (χ3v) is 0.762. The van der Waals surface area contributed by atoms with Crippen LogP contribution >= 0.6 is 0 Å². The molecule has 0 aromatic heterocycles. The fraction of sp³-hybridized carbons (Fsp3) is 0.833. The molecule has 8 heavy (non-hydrogen) atoms. The van der Waals surface area contributed by atoms with E-state index >= 15 is 0 Å². The zero-order valence-electron chi connectivity index (χ0n) is 5.98. The molecule has 0 heterocycles. The van der Waals surface area contributed by atoms with Crippen molar-refractivity contribution in [3.63, 3.8) is 0 Å². The first-order chi connectivity index (χ1) is 2.91. The predicted molar refractivity (Wildman–Crippen MR) is 38.8 cm³/mol. The van der Waals surface area contributed by atoms with Gasteiger partial charge in [0.15, 0.2) is 0 Å². The Balaban J connectivity index is -0.000000125. The maximum Gasteiger partial charge on any atom is 2.00 e. The molecule has 0 aliphatic carbocycles. The molecule has 0 spiro atoms. The van der Waals surface area contributed by atoms with Crippen LogP contribution in [0, 0.1) is 7.43 Å². The minimum atomic E-state index is 0. The van der Waals surface area contributed by atoms with Crippen molar-refractivity contribution in [2.75, 3.05) is 6.61 Å². The van der Waals surface area contributed by atoms with E-state index < -0.39 is 0 Å². The molecule has 46 valence electrons. The molecule has 0 saturated carbocycles. The van der Waals surface area contributed by atoms with E-state index in [1.54, 1.807) is 0 Å². The van der Waals surface area contributed by atoms with E-state index in [1.165, 1.54) is 6.42 Å². The van der Waals surface area contributed by atoms with Crippen LogP contribution in [-0.4, -0.2) is 34.8 Å². The number of hydrogen-bond acceptors (Lipinski definition) is 1. The summed E-state index contributed by atoms with van der Waals surface area (Å²) in [6.45, 7) is 2.48. The van der Waals surface area contributed by atoms with Crippen LogP contribution in [0.1, 0.15) is 26.2 Å². The molecule has 0 unspecified atom stereocenters. The fourth-order valence-electron chi connectivity index (χ4n) is 0.362. The molecule has 0 aromatic carbocycles. The quantitative estimate of drug-likeness (QED) is 0.344. The Kier molecular flexibility index (Phi) is 31.1. The Hall–Kier alpha value is 0.726. The van der Waals surface area contributed by atoms with Gasteiger partial charge >= 0.3 is 23.1 Å². The molecule has 0 rings (SSSR count). The monoisotopic (exact) mass is 127 g/mol. The van der Waals surface area contributed by atoms with Crippen LogP contribution in [-0.2, 0) is 0 Å². The average molecular weight is 127 g/mol. The Morgan fingerprint density at radius 1 is 1.25 bits per heavy atom. The summed E-state index contributed by atoms with van der Waals surface area (Å²) in [4.78, 5) is 0. The number of unbranched alkanes of at least 4 members (excludes halogenated alkanes) is 2. The summed E-state index contributed by atoms with van der Waals surface area (Å²) >= 11 is 0. The first-order valence-corrected chi connectivity index (χ1v) is 2.52. The molecule has 1 N–H and O–H groups in total. The molecule has 0 aliphatic rings. The molecular weight excluding hydrogens is 112 g/mol. The van der Waals surface area contributed by atoms with Crippen molar-refractivity contribution in [1.29, 1.82) is 0 Å². The van der Waals surface area contributed by atoms with Crippen LogP contribution in [0.4, 0.5) is 0 Å². The summed E-state index contributed by atoms with van der Waals surface area (Å²) in [5, 5.41) is 8.20. The molecule has 0 amide bonds. The van der Waals surface area contributed by atoms with E-state index in [4.69, 9.17) is 5.11 Å². The summed E-state index contributed by atoms with van der Waals surface area (Å²) in [5.74, 6) is 0. The van der Waals surface area contributed by atoms with E-state index in [-0.39, 0.29) is 30.5 Å². The summed E-state index contributed by atoms with van der Waals surface area (Å²) in [5.41, 5.74) is 0. The maximum absolute atomic E-state index is 8.20. The molecule has 0 atom stereocenters. The number of rotatable bonds is 3. The second-order valence-electron chi connectivity index (χ2n) is 1.43. The van der Waals surface area contributed by atoms with Crippen LogP contribution in [0.25, 0.3) is 0 Å². The van der Waals surface area contributed by atoms with Gasteiger partial charge in [0.1, 0.15) is 0 Å². The van der Waals surface area contributed by atoms with Crippen molar-refractivity contribution >= 4 is 23.1 Å². The van der Waals surface area contributed by atoms with Crippen molar-refractivity contribution in [3.8, 4) is 0 Å². The van der Waals surface area contributed by atoms with Gasteiger partial charge < -0.3 is 12.5 Å². The minimum absolute atomic E-state index is 0. The van der Waals surface area contributed by atoms with Crippen LogP contribution in [0.2, 0.25) is 0 Å². The van der Waals surface area contributed by atoms with Gasteiger partial charge in [-0.2, -0.15) is 0 Å². The molecule has 0 fully saturated rings. The predicted octanol–water partition coefficient (Wildman–Crippen LogP) is 1.24. The van der Waals surface area contributed by atoms with Crippen molar-refractivity contribution in [3.05, 3.63) is 7.43 Å². The fourth-order valence-corrected chi connectivity index (χ4v) is 0.362. The van der Waals surface area contributed by atoms with Crippen LogP contribution in [0.5, 0.6) is 0 Å². The Morgan fingerprint density at radius 3 is 1.88 bits per heavy atom. The molecule has 0 saturated heterocycles. The van der Waals surface area contributed by atoms with Crippen molar-refractivity contribution in [2.24, 2.45) is 0 Å². The summed E-state index contributed by atoms with van der Waals surface area (Å²) in [6, 6.07) is 0. The zero-order chi connectivity index (χ0) is 4.83. The van der Waals surface area contributed by atoms with E-state index in [0.29, 0.717) is 6.61 Å². The largest absolute Gasteiger partial charge is 2.00 e. The van der Waals surface area contributed by atoms with Gasteiger partial charge in [-0.3, -0.25) is 0 Å². The number of aliphatic hydroxyl groups excluding tert-OH is 1. The first kappa shape index (κ1) is 15.9. The minimum Gasteiger partial charge on any atom is -0.396 e. The van der Waals surface area contributed by atoms with Crippen LogP contribution < -0.4 is 0 Å². The summed E-state index contributed by atoms with van der Waals surface area (Å²) < 4.78 is 0. The maximum atomic E-state index is 8.20. The van der Waals surface area contributed by atoms with Crippen molar-refractivity contribution in [1.82, 2.24) is 0 Å². The zero-order valence-corrected chi connectivity index (χ0v) is 7.40.